The third-order valence-corrected chi connectivity index (χ3v) is 12.0. The Labute approximate surface area is 309 Å². The Bertz CT molecular complexity index is 2860. The molecule has 2 nitrogen and oxygen atoms in total. The van der Waals surface area contributed by atoms with Crippen LogP contribution in [0.15, 0.2) is 182 Å². The first kappa shape index (κ1) is 30.1. The molecule has 9 aromatic rings. The molecule has 2 aliphatic rings. The van der Waals surface area contributed by atoms with Gasteiger partial charge in [0.15, 0.2) is 0 Å². The molecule has 2 aromatic heterocycles. The molecule has 0 amide bonds. The van der Waals surface area contributed by atoms with E-state index in [2.05, 4.69) is 200 Å². The number of hydrogen-bond acceptors (Lipinski definition) is 1. The molecular weight excluding hydrogens is 641 g/mol. The fourth-order valence-corrected chi connectivity index (χ4v) is 9.71. The van der Waals surface area contributed by atoms with Crippen molar-refractivity contribution < 1.29 is 0 Å². The van der Waals surface area contributed by atoms with Crippen LogP contribution in [0.1, 0.15) is 47.2 Å². The summed E-state index contributed by atoms with van der Waals surface area (Å²) in [7, 11) is 0. The SMILES string of the molecule is CC1(C)c2ccccc2C2(c3ccccc3-n3c4ccccc4c4cccc2c43)c2ccc(-c3cc(-c4ccccc4)nc(-c4ccccc4)c3)cc21. The summed E-state index contributed by atoms with van der Waals surface area (Å²) in [5.74, 6) is 0. The lowest BCUT2D eigenvalue weighted by Crippen LogP contribution is -2.44. The number of nitrogens with zero attached hydrogens (tertiary/aromatic N) is 2. The van der Waals surface area contributed by atoms with Gasteiger partial charge in [0, 0.05) is 27.3 Å². The molecule has 1 unspecified atom stereocenters. The second-order valence-corrected chi connectivity index (χ2v) is 15.1. The molecule has 0 fully saturated rings. The molecular formula is C51H36N2. The fourth-order valence-electron chi connectivity index (χ4n) is 9.71. The van der Waals surface area contributed by atoms with Crippen molar-refractivity contribution in [3.8, 4) is 39.3 Å². The van der Waals surface area contributed by atoms with Crippen LogP contribution in [0, 0.1) is 0 Å². The molecule has 0 radical (unpaired) electrons. The Morgan fingerprint density at radius 2 is 0.962 bits per heavy atom. The van der Waals surface area contributed by atoms with E-state index in [0.717, 1.165) is 28.1 Å². The molecule has 7 aromatic carbocycles. The van der Waals surface area contributed by atoms with Gasteiger partial charge in [0.25, 0.3) is 0 Å². The van der Waals surface area contributed by atoms with E-state index in [9.17, 15) is 0 Å². The van der Waals surface area contributed by atoms with Gasteiger partial charge in [-0.1, -0.05) is 166 Å². The van der Waals surface area contributed by atoms with Gasteiger partial charge in [-0.15, -0.1) is 0 Å². The summed E-state index contributed by atoms with van der Waals surface area (Å²) < 4.78 is 2.52. The van der Waals surface area contributed by atoms with Crippen LogP contribution in [0.5, 0.6) is 0 Å². The van der Waals surface area contributed by atoms with Crippen LogP contribution in [0.25, 0.3) is 61.1 Å². The van der Waals surface area contributed by atoms with Crippen molar-refractivity contribution in [3.63, 3.8) is 0 Å². The average Bonchev–Trinajstić information content (AvgIpc) is 3.57. The lowest BCUT2D eigenvalue weighted by molar-refractivity contribution is 0.556. The van der Waals surface area contributed by atoms with Crippen LogP contribution in [-0.4, -0.2) is 9.55 Å². The van der Waals surface area contributed by atoms with Crippen LogP contribution in [0.4, 0.5) is 0 Å². The van der Waals surface area contributed by atoms with E-state index >= 15 is 0 Å². The van der Waals surface area contributed by atoms with Gasteiger partial charge in [-0.3, -0.25) is 0 Å². The first-order valence-electron chi connectivity index (χ1n) is 18.6. The van der Waals surface area contributed by atoms with Crippen molar-refractivity contribution in [2.45, 2.75) is 24.7 Å². The van der Waals surface area contributed by atoms with Gasteiger partial charge in [-0.2, -0.15) is 0 Å². The van der Waals surface area contributed by atoms with Crippen LogP contribution in [0.2, 0.25) is 0 Å². The molecule has 1 spiro atoms. The number of para-hydroxylation sites is 3. The molecule has 1 aliphatic heterocycles. The molecule has 1 atom stereocenters. The van der Waals surface area contributed by atoms with E-state index in [-0.39, 0.29) is 5.41 Å². The van der Waals surface area contributed by atoms with Crippen LogP contribution in [0.3, 0.4) is 0 Å². The van der Waals surface area contributed by atoms with E-state index in [1.165, 1.54) is 66.4 Å². The quantitative estimate of drug-likeness (QED) is 0.182. The predicted octanol–water partition coefficient (Wildman–Crippen LogP) is 12.5. The van der Waals surface area contributed by atoms with Crippen molar-refractivity contribution >= 4 is 21.8 Å². The second kappa shape index (κ2) is 11.0. The second-order valence-electron chi connectivity index (χ2n) is 15.1. The Balaban J connectivity index is 1.23. The Kier molecular flexibility index (Phi) is 6.25. The van der Waals surface area contributed by atoms with E-state index in [1.807, 2.05) is 0 Å². The van der Waals surface area contributed by atoms with Crippen molar-refractivity contribution in [3.05, 3.63) is 215 Å². The highest BCUT2D eigenvalue weighted by Crippen LogP contribution is 2.60. The van der Waals surface area contributed by atoms with Crippen molar-refractivity contribution in [2.75, 3.05) is 0 Å². The third-order valence-electron chi connectivity index (χ3n) is 12.0. The molecule has 0 saturated heterocycles. The fraction of sp³-hybridized carbons (Fsp3) is 0.0784. The van der Waals surface area contributed by atoms with Gasteiger partial charge in [0.2, 0.25) is 0 Å². The number of rotatable bonds is 3. The lowest BCUT2D eigenvalue weighted by Gasteiger charge is -2.50. The summed E-state index contributed by atoms with van der Waals surface area (Å²) in [6, 6.07) is 67.1. The Morgan fingerprint density at radius 3 is 1.70 bits per heavy atom. The highest BCUT2D eigenvalue weighted by molar-refractivity contribution is 6.12. The highest BCUT2D eigenvalue weighted by Gasteiger charge is 2.52. The maximum Gasteiger partial charge on any atom is 0.0748 e. The van der Waals surface area contributed by atoms with E-state index < -0.39 is 5.41 Å². The van der Waals surface area contributed by atoms with Crippen molar-refractivity contribution in [1.29, 1.82) is 0 Å². The van der Waals surface area contributed by atoms with Gasteiger partial charge in [-0.05, 0) is 74.8 Å². The monoisotopic (exact) mass is 676 g/mol. The minimum absolute atomic E-state index is 0.252. The highest BCUT2D eigenvalue weighted by atomic mass is 15.0. The van der Waals surface area contributed by atoms with E-state index in [4.69, 9.17) is 4.98 Å². The van der Waals surface area contributed by atoms with Gasteiger partial charge < -0.3 is 4.57 Å². The largest absolute Gasteiger partial charge is 0.309 e. The first-order chi connectivity index (χ1) is 26.0. The van der Waals surface area contributed by atoms with Gasteiger partial charge in [0.1, 0.15) is 0 Å². The number of pyridine rings is 1. The molecule has 0 bridgehead atoms. The number of aromatic nitrogens is 2. The molecule has 250 valence electrons. The van der Waals surface area contributed by atoms with Crippen molar-refractivity contribution in [1.82, 2.24) is 9.55 Å². The Hall–Kier alpha value is -6.51. The third kappa shape index (κ3) is 4.06. The average molecular weight is 677 g/mol. The first-order valence-corrected chi connectivity index (χ1v) is 18.6. The van der Waals surface area contributed by atoms with Gasteiger partial charge in [-0.25, -0.2) is 4.98 Å². The summed E-state index contributed by atoms with van der Waals surface area (Å²) in [6.07, 6.45) is 0. The lowest BCUT2D eigenvalue weighted by atomic mass is 9.53. The summed E-state index contributed by atoms with van der Waals surface area (Å²) in [5.41, 5.74) is 17.6. The smallest absolute Gasteiger partial charge is 0.0748 e. The molecule has 2 heteroatoms. The van der Waals surface area contributed by atoms with Gasteiger partial charge in [0.05, 0.1) is 33.5 Å². The summed E-state index contributed by atoms with van der Waals surface area (Å²) in [6.45, 7) is 4.82. The van der Waals surface area contributed by atoms with Crippen LogP contribution < -0.4 is 0 Å². The molecule has 0 saturated carbocycles. The molecule has 3 heterocycles. The number of fused-ring (bicyclic) bond motifs is 11. The number of benzene rings is 7. The standard InChI is InChI=1S/C51H36N2/c1-50(2)39-22-10-11-23-40(39)51(42-24-12-14-27-48(42)53-47-26-13-9-20-37(47)38-21-15-25-43(51)49(38)53)41-29-28-35(30-44(41)50)36-31-45(33-16-5-3-6-17-33)52-46(32-36)34-18-7-4-8-19-34/h3-32H,1-2H3. The van der Waals surface area contributed by atoms with Gasteiger partial charge >= 0.3 is 0 Å². The minimum atomic E-state index is -0.511. The van der Waals surface area contributed by atoms with E-state index in [0.29, 0.717) is 0 Å². The van der Waals surface area contributed by atoms with Crippen LogP contribution >= 0.6 is 0 Å². The molecule has 0 N–H and O–H groups in total. The normalized spacial score (nSPS) is 16.3. The number of hydrogen-bond donors (Lipinski definition) is 0. The minimum Gasteiger partial charge on any atom is -0.309 e. The Morgan fingerprint density at radius 1 is 0.396 bits per heavy atom. The molecule has 53 heavy (non-hydrogen) atoms. The maximum atomic E-state index is 5.20. The maximum absolute atomic E-state index is 5.20. The zero-order valence-corrected chi connectivity index (χ0v) is 29.7. The summed E-state index contributed by atoms with van der Waals surface area (Å²) in [4.78, 5) is 5.20. The molecule has 1 aliphatic carbocycles. The van der Waals surface area contributed by atoms with E-state index in [1.54, 1.807) is 0 Å². The van der Waals surface area contributed by atoms with Crippen molar-refractivity contribution in [2.24, 2.45) is 0 Å². The topological polar surface area (TPSA) is 17.8 Å². The predicted molar refractivity (Wildman–Crippen MR) is 219 cm³/mol. The summed E-state index contributed by atoms with van der Waals surface area (Å²) in [5, 5.41) is 2.59. The van der Waals surface area contributed by atoms with Crippen LogP contribution in [-0.2, 0) is 10.8 Å². The zero-order chi connectivity index (χ0) is 35.3. The zero-order valence-electron chi connectivity index (χ0n) is 29.7. The molecule has 11 rings (SSSR count). The summed E-state index contributed by atoms with van der Waals surface area (Å²) >= 11 is 0.